The first-order chi connectivity index (χ1) is 13.0. The fourth-order valence-electron chi connectivity index (χ4n) is 3.39. The number of hydrogen-bond donors (Lipinski definition) is 2. The van der Waals surface area contributed by atoms with Crippen LogP contribution >= 0.6 is 12.2 Å². The predicted octanol–water partition coefficient (Wildman–Crippen LogP) is 3.80. The molecule has 144 valence electrons. The summed E-state index contributed by atoms with van der Waals surface area (Å²) in [4.78, 5) is 2.35. The van der Waals surface area contributed by atoms with Crippen molar-refractivity contribution < 1.29 is 9.13 Å². The second-order valence-corrected chi connectivity index (χ2v) is 7.23. The summed E-state index contributed by atoms with van der Waals surface area (Å²) in [5, 5.41) is 7.25. The van der Waals surface area contributed by atoms with E-state index in [0.717, 1.165) is 35.5 Å². The molecule has 2 aromatic carbocycles. The van der Waals surface area contributed by atoms with Crippen LogP contribution < -0.4 is 10.6 Å². The third-order valence-corrected chi connectivity index (χ3v) is 5.16. The topological polar surface area (TPSA) is 36.5 Å². The average molecular weight is 388 g/mol. The van der Waals surface area contributed by atoms with Crippen LogP contribution in [-0.2, 0) is 4.74 Å². The lowest BCUT2D eigenvalue weighted by Gasteiger charge is -2.35. The molecule has 0 saturated carbocycles. The minimum Gasteiger partial charge on any atom is -0.379 e. The van der Waals surface area contributed by atoms with Gasteiger partial charge < -0.3 is 15.4 Å². The summed E-state index contributed by atoms with van der Waals surface area (Å²) in [5.74, 6) is -0.223. The first kappa shape index (κ1) is 19.7. The number of rotatable bonds is 5. The van der Waals surface area contributed by atoms with Gasteiger partial charge in [0.05, 0.1) is 19.3 Å². The molecule has 0 spiro atoms. The Labute approximate surface area is 165 Å². The number of para-hydroxylation sites is 1. The molecule has 3 rings (SSSR count). The van der Waals surface area contributed by atoms with E-state index in [4.69, 9.17) is 17.0 Å². The molecule has 0 aliphatic carbocycles. The van der Waals surface area contributed by atoms with E-state index in [2.05, 4.69) is 41.5 Å². The number of nitrogens with one attached hydrogen (secondary N) is 2. The van der Waals surface area contributed by atoms with Gasteiger partial charge in [-0.1, -0.05) is 30.3 Å². The highest BCUT2D eigenvalue weighted by Gasteiger charge is 2.23. The van der Waals surface area contributed by atoms with E-state index in [9.17, 15) is 4.39 Å². The summed E-state index contributed by atoms with van der Waals surface area (Å²) in [6.45, 7) is 7.88. The molecule has 0 aromatic heterocycles. The summed E-state index contributed by atoms with van der Waals surface area (Å²) in [6.07, 6.45) is 0. The van der Waals surface area contributed by atoms with Gasteiger partial charge in [-0.05, 0) is 54.9 Å². The second kappa shape index (κ2) is 9.26. The van der Waals surface area contributed by atoms with Gasteiger partial charge in [-0.25, -0.2) is 4.39 Å². The first-order valence-corrected chi connectivity index (χ1v) is 9.64. The van der Waals surface area contributed by atoms with Crippen molar-refractivity contribution in [3.05, 3.63) is 65.0 Å². The summed E-state index contributed by atoms with van der Waals surface area (Å²) in [5.41, 5.74) is 4.42. The number of nitrogens with zero attached hydrogens (tertiary/aromatic N) is 1. The van der Waals surface area contributed by atoms with Crippen molar-refractivity contribution in [2.45, 2.75) is 19.9 Å². The van der Waals surface area contributed by atoms with Crippen LogP contribution in [0.2, 0.25) is 0 Å². The van der Waals surface area contributed by atoms with Gasteiger partial charge in [0, 0.05) is 25.3 Å². The molecule has 1 aliphatic rings. The number of thiocarbonyl (C=S) groups is 1. The van der Waals surface area contributed by atoms with Gasteiger partial charge in [0.15, 0.2) is 5.11 Å². The van der Waals surface area contributed by atoms with Crippen LogP contribution in [0.5, 0.6) is 0 Å². The molecule has 0 amide bonds. The van der Waals surface area contributed by atoms with Crippen LogP contribution in [0.15, 0.2) is 42.5 Å². The Morgan fingerprint density at radius 3 is 2.37 bits per heavy atom. The maximum Gasteiger partial charge on any atom is 0.170 e. The monoisotopic (exact) mass is 387 g/mol. The van der Waals surface area contributed by atoms with E-state index in [0.29, 0.717) is 24.9 Å². The maximum atomic E-state index is 13.3. The molecule has 0 bridgehead atoms. The Balaban J connectivity index is 1.68. The minimum atomic E-state index is -0.223. The van der Waals surface area contributed by atoms with Gasteiger partial charge >= 0.3 is 0 Å². The molecule has 0 unspecified atom stereocenters. The Morgan fingerprint density at radius 1 is 1.11 bits per heavy atom. The van der Waals surface area contributed by atoms with Crippen molar-refractivity contribution >= 4 is 23.0 Å². The van der Waals surface area contributed by atoms with Gasteiger partial charge in [-0.15, -0.1) is 0 Å². The van der Waals surface area contributed by atoms with Crippen LogP contribution in [0.25, 0.3) is 0 Å². The number of hydrogen-bond acceptors (Lipinski definition) is 3. The fraction of sp³-hybridized carbons (Fsp3) is 0.381. The van der Waals surface area contributed by atoms with Crippen molar-refractivity contribution in [3.63, 3.8) is 0 Å². The number of morpholine rings is 1. The minimum absolute atomic E-state index is 0.104. The largest absolute Gasteiger partial charge is 0.379 e. The molecule has 6 heteroatoms. The van der Waals surface area contributed by atoms with Gasteiger partial charge in [0.1, 0.15) is 5.82 Å². The molecule has 2 N–H and O–H groups in total. The van der Waals surface area contributed by atoms with Gasteiger partial charge in [0.2, 0.25) is 0 Å². The molecule has 1 aliphatic heterocycles. The Morgan fingerprint density at radius 2 is 1.74 bits per heavy atom. The Hall–Kier alpha value is -2.02. The van der Waals surface area contributed by atoms with Gasteiger partial charge in [0.25, 0.3) is 0 Å². The smallest absolute Gasteiger partial charge is 0.170 e. The summed E-state index contributed by atoms with van der Waals surface area (Å²) in [6, 6.07) is 13.0. The highest BCUT2D eigenvalue weighted by atomic mass is 32.1. The van der Waals surface area contributed by atoms with Gasteiger partial charge in [-0.2, -0.15) is 0 Å². The molecule has 27 heavy (non-hydrogen) atoms. The zero-order chi connectivity index (χ0) is 19.2. The lowest BCUT2D eigenvalue weighted by atomic mass is 10.0. The first-order valence-electron chi connectivity index (χ1n) is 9.23. The summed E-state index contributed by atoms with van der Waals surface area (Å²) >= 11 is 5.52. The number of halogens is 1. The quantitative estimate of drug-likeness (QED) is 0.763. The van der Waals surface area contributed by atoms with Crippen LogP contribution in [0.4, 0.5) is 10.1 Å². The number of anilines is 1. The van der Waals surface area contributed by atoms with Gasteiger partial charge in [-0.3, -0.25) is 4.90 Å². The Bertz CT molecular complexity index is 755. The van der Waals surface area contributed by atoms with E-state index in [1.165, 1.54) is 12.1 Å². The van der Waals surface area contributed by atoms with Crippen LogP contribution in [0.3, 0.4) is 0 Å². The summed E-state index contributed by atoms with van der Waals surface area (Å²) in [7, 11) is 0. The molecule has 2 aromatic rings. The van der Waals surface area contributed by atoms with Crippen LogP contribution in [0, 0.1) is 19.7 Å². The van der Waals surface area contributed by atoms with E-state index < -0.39 is 0 Å². The highest BCUT2D eigenvalue weighted by Crippen LogP contribution is 2.22. The van der Waals surface area contributed by atoms with E-state index in [-0.39, 0.29) is 11.9 Å². The van der Waals surface area contributed by atoms with Crippen molar-refractivity contribution in [1.82, 2.24) is 10.2 Å². The molecular formula is C21H26FN3OS. The van der Waals surface area contributed by atoms with Crippen LogP contribution in [0.1, 0.15) is 22.7 Å². The normalized spacial score (nSPS) is 16.0. The second-order valence-electron chi connectivity index (χ2n) is 6.82. The molecule has 1 atom stereocenters. The van der Waals surface area contributed by atoms with Crippen molar-refractivity contribution in [1.29, 1.82) is 0 Å². The average Bonchev–Trinajstić information content (AvgIpc) is 2.67. The molecule has 1 fully saturated rings. The zero-order valence-electron chi connectivity index (χ0n) is 15.8. The molecule has 1 heterocycles. The zero-order valence-corrected chi connectivity index (χ0v) is 16.6. The van der Waals surface area contributed by atoms with Crippen molar-refractivity contribution in [3.8, 4) is 0 Å². The van der Waals surface area contributed by atoms with E-state index >= 15 is 0 Å². The molecule has 0 radical (unpaired) electrons. The van der Waals surface area contributed by atoms with E-state index in [1.807, 2.05) is 18.2 Å². The predicted molar refractivity (Wildman–Crippen MR) is 112 cm³/mol. The standard InChI is InChI=1S/C21H26FN3OS/c1-15-4-3-5-16(2)20(15)24-21(27)23-14-19(25-10-12-26-13-11-25)17-6-8-18(22)9-7-17/h3-9,19H,10-14H2,1-2H3,(H2,23,24,27)/t19-/m1/s1. The summed E-state index contributed by atoms with van der Waals surface area (Å²) < 4.78 is 18.8. The lowest BCUT2D eigenvalue weighted by molar-refractivity contribution is 0.0170. The Kier molecular flexibility index (Phi) is 6.77. The number of ether oxygens (including phenoxy) is 1. The highest BCUT2D eigenvalue weighted by molar-refractivity contribution is 7.80. The molecule has 4 nitrogen and oxygen atoms in total. The molecule has 1 saturated heterocycles. The maximum absolute atomic E-state index is 13.3. The third kappa shape index (κ3) is 5.25. The van der Waals surface area contributed by atoms with E-state index in [1.54, 1.807) is 0 Å². The van der Waals surface area contributed by atoms with Crippen LogP contribution in [-0.4, -0.2) is 42.9 Å². The number of benzene rings is 2. The SMILES string of the molecule is Cc1cccc(C)c1NC(=S)NC[C@H](c1ccc(F)cc1)N1CCOCC1. The molecular weight excluding hydrogens is 361 g/mol. The van der Waals surface area contributed by atoms with Crippen molar-refractivity contribution in [2.75, 3.05) is 38.2 Å². The number of aryl methyl sites for hydroxylation is 2. The fourth-order valence-corrected chi connectivity index (χ4v) is 3.58. The lowest BCUT2D eigenvalue weighted by Crippen LogP contribution is -2.44. The third-order valence-electron chi connectivity index (χ3n) is 4.92. The van der Waals surface area contributed by atoms with Crippen molar-refractivity contribution in [2.24, 2.45) is 0 Å².